The Bertz CT molecular complexity index is 307. The largest absolute Gasteiger partial charge is 0.327 e. The van der Waals surface area contributed by atoms with Crippen LogP contribution in [-0.2, 0) is 13.0 Å². The van der Waals surface area contributed by atoms with Crippen molar-refractivity contribution in [3.8, 4) is 0 Å². The molecule has 0 spiro atoms. The second-order valence-electron chi connectivity index (χ2n) is 4.71. The molecule has 0 aliphatic rings. The standard InChI is InChI=1S/C13H20N/c1-5-8-12-9-6-7-10-13(12)11-14(2,3)4/h5-7,9-10H,1,8,11H2,2-4H3/q+1. The molecule has 1 aromatic rings. The van der Waals surface area contributed by atoms with Gasteiger partial charge in [-0.2, -0.15) is 0 Å². The van der Waals surface area contributed by atoms with Crippen LogP contribution < -0.4 is 0 Å². The van der Waals surface area contributed by atoms with Gasteiger partial charge in [0.25, 0.3) is 0 Å². The van der Waals surface area contributed by atoms with Gasteiger partial charge in [-0.3, -0.25) is 0 Å². The molecule has 0 N–H and O–H groups in total. The number of hydrogen-bond donors (Lipinski definition) is 0. The lowest BCUT2D eigenvalue weighted by molar-refractivity contribution is -0.884. The van der Waals surface area contributed by atoms with E-state index in [1.165, 1.54) is 11.1 Å². The predicted octanol–water partition coefficient (Wildman–Crippen LogP) is 2.62. The van der Waals surface area contributed by atoms with Crippen molar-refractivity contribution in [2.45, 2.75) is 13.0 Å². The Kier molecular flexibility index (Phi) is 3.48. The van der Waals surface area contributed by atoms with Crippen LogP contribution in [0, 0.1) is 0 Å². The van der Waals surface area contributed by atoms with Crippen molar-refractivity contribution < 1.29 is 4.48 Å². The zero-order valence-electron chi connectivity index (χ0n) is 9.46. The highest BCUT2D eigenvalue weighted by Crippen LogP contribution is 2.13. The maximum atomic E-state index is 3.79. The second-order valence-corrected chi connectivity index (χ2v) is 4.71. The summed E-state index contributed by atoms with van der Waals surface area (Å²) < 4.78 is 0.966. The van der Waals surface area contributed by atoms with Crippen molar-refractivity contribution >= 4 is 0 Å². The first-order valence-electron chi connectivity index (χ1n) is 5.01. The van der Waals surface area contributed by atoms with Crippen LogP contribution in [0.3, 0.4) is 0 Å². The zero-order chi connectivity index (χ0) is 10.6. The van der Waals surface area contributed by atoms with Crippen molar-refractivity contribution in [2.24, 2.45) is 0 Å². The van der Waals surface area contributed by atoms with Gasteiger partial charge in [-0.15, -0.1) is 6.58 Å². The van der Waals surface area contributed by atoms with Crippen LogP contribution in [0.2, 0.25) is 0 Å². The Labute approximate surface area is 87.3 Å². The Morgan fingerprint density at radius 2 is 1.71 bits per heavy atom. The first-order chi connectivity index (χ1) is 6.53. The topological polar surface area (TPSA) is 0 Å². The molecule has 1 aromatic carbocycles. The maximum Gasteiger partial charge on any atom is 0.104 e. The number of allylic oxidation sites excluding steroid dienone is 1. The van der Waals surface area contributed by atoms with Gasteiger partial charge in [0, 0.05) is 5.56 Å². The van der Waals surface area contributed by atoms with E-state index in [1.807, 2.05) is 6.08 Å². The SMILES string of the molecule is C=CCc1ccccc1C[N+](C)(C)C. The Hall–Kier alpha value is -1.08. The lowest BCUT2D eigenvalue weighted by Gasteiger charge is -2.25. The third-order valence-electron chi connectivity index (χ3n) is 2.13. The predicted molar refractivity (Wildman–Crippen MR) is 62.1 cm³/mol. The molecule has 0 unspecified atom stereocenters. The fourth-order valence-electron chi connectivity index (χ4n) is 1.58. The van der Waals surface area contributed by atoms with Gasteiger partial charge in [0.05, 0.1) is 21.1 Å². The van der Waals surface area contributed by atoms with E-state index in [0.717, 1.165) is 17.4 Å². The van der Waals surface area contributed by atoms with Crippen LogP contribution in [0.4, 0.5) is 0 Å². The Morgan fingerprint density at radius 1 is 1.14 bits per heavy atom. The Balaban J connectivity index is 2.89. The number of rotatable bonds is 4. The number of hydrogen-bond acceptors (Lipinski definition) is 0. The molecule has 14 heavy (non-hydrogen) atoms. The third-order valence-corrected chi connectivity index (χ3v) is 2.13. The number of nitrogens with zero attached hydrogens (tertiary/aromatic N) is 1. The summed E-state index contributed by atoms with van der Waals surface area (Å²) in [4.78, 5) is 0. The van der Waals surface area contributed by atoms with Gasteiger partial charge in [-0.1, -0.05) is 30.3 Å². The van der Waals surface area contributed by atoms with E-state index >= 15 is 0 Å². The van der Waals surface area contributed by atoms with Crippen LogP contribution in [0.5, 0.6) is 0 Å². The molecule has 0 atom stereocenters. The lowest BCUT2D eigenvalue weighted by atomic mass is 10.0. The summed E-state index contributed by atoms with van der Waals surface area (Å²) >= 11 is 0. The van der Waals surface area contributed by atoms with E-state index in [0.29, 0.717) is 0 Å². The minimum Gasteiger partial charge on any atom is -0.327 e. The van der Waals surface area contributed by atoms with Crippen molar-refractivity contribution in [1.82, 2.24) is 0 Å². The monoisotopic (exact) mass is 190 g/mol. The van der Waals surface area contributed by atoms with Crippen LogP contribution in [0.15, 0.2) is 36.9 Å². The highest BCUT2D eigenvalue weighted by Gasteiger charge is 2.10. The smallest absolute Gasteiger partial charge is 0.104 e. The third kappa shape index (κ3) is 3.35. The highest BCUT2D eigenvalue weighted by atomic mass is 15.3. The maximum absolute atomic E-state index is 3.79. The van der Waals surface area contributed by atoms with E-state index in [-0.39, 0.29) is 0 Å². The molecule has 0 fully saturated rings. The average Bonchev–Trinajstić information content (AvgIpc) is 2.06. The van der Waals surface area contributed by atoms with Gasteiger partial charge >= 0.3 is 0 Å². The normalized spacial score (nSPS) is 11.4. The van der Waals surface area contributed by atoms with Gasteiger partial charge in [0.2, 0.25) is 0 Å². The van der Waals surface area contributed by atoms with Gasteiger partial charge in [0.1, 0.15) is 6.54 Å². The molecule has 0 aromatic heterocycles. The Morgan fingerprint density at radius 3 is 2.21 bits per heavy atom. The average molecular weight is 190 g/mol. The molecule has 1 rings (SSSR count). The molecule has 0 amide bonds. The van der Waals surface area contributed by atoms with Gasteiger partial charge in [0.15, 0.2) is 0 Å². The fraction of sp³-hybridized carbons (Fsp3) is 0.385. The summed E-state index contributed by atoms with van der Waals surface area (Å²) in [6.07, 6.45) is 2.94. The molecule has 0 radical (unpaired) electrons. The number of benzene rings is 1. The molecular formula is C13H20N+. The first kappa shape index (κ1) is 11.0. The molecule has 1 nitrogen and oxygen atoms in total. The van der Waals surface area contributed by atoms with Gasteiger partial charge in [-0.25, -0.2) is 0 Å². The molecule has 0 saturated heterocycles. The lowest BCUT2D eigenvalue weighted by Crippen LogP contribution is -2.33. The first-order valence-corrected chi connectivity index (χ1v) is 5.01. The summed E-state index contributed by atoms with van der Waals surface area (Å²) in [6.45, 7) is 4.86. The fourth-order valence-corrected chi connectivity index (χ4v) is 1.58. The number of quaternary nitrogens is 1. The molecule has 0 saturated carbocycles. The van der Waals surface area contributed by atoms with Crippen molar-refractivity contribution in [3.05, 3.63) is 48.0 Å². The molecule has 76 valence electrons. The summed E-state index contributed by atoms with van der Waals surface area (Å²) in [5, 5.41) is 0. The van der Waals surface area contributed by atoms with E-state index in [9.17, 15) is 0 Å². The van der Waals surface area contributed by atoms with Crippen molar-refractivity contribution in [2.75, 3.05) is 21.1 Å². The quantitative estimate of drug-likeness (QED) is 0.506. The molecule has 0 heterocycles. The highest BCUT2D eigenvalue weighted by molar-refractivity contribution is 5.28. The molecule has 0 aliphatic carbocycles. The van der Waals surface area contributed by atoms with E-state index in [4.69, 9.17) is 0 Å². The summed E-state index contributed by atoms with van der Waals surface area (Å²) in [5.41, 5.74) is 2.83. The molecule has 0 aliphatic heterocycles. The van der Waals surface area contributed by atoms with Crippen LogP contribution in [0.25, 0.3) is 0 Å². The van der Waals surface area contributed by atoms with Gasteiger partial charge < -0.3 is 4.48 Å². The molecular weight excluding hydrogens is 170 g/mol. The summed E-state index contributed by atoms with van der Waals surface area (Å²) in [6, 6.07) is 8.60. The zero-order valence-corrected chi connectivity index (χ0v) is 9.46. The van der Waals surface area contributed by atoms with Crippen molar-refractivity contribution in [1.29, 1.82) is 0 Å². The summed E-state index contributed by atoms with van der Waals surface area (Å²) in [7, 11) is 6.64. The minimum atomic E-state index is 0.966. The molecule has 0 bridgehead atoms. The summed E-state index contributed by atoms with van der Waals surface area (Å²) in [5.74, 6) is 0. The van der Waals surface area contributed by atoms with Gasteiger partial charge in [-0.05, 0) is 12.0 Å². The van der Waals surface area contributed by atoms with Crippen LogP contribution in [0.1, 0.15) is 11.1 Å². The second kappa shape index (κ2) is 4.43. The van der Waals surface area contributed by atoms with E-state index < -0.39 is 0 Å². The van der Waals surface area contributed by atoms with Crippen LogP contribution in [-0.4, -0.2) is 25.6 Å². The van der Waals surface area contributed by atoms with Crippen LogP contribution >= 0.6 is 0 Å². The molecule has 1 heteroatoms. The van der Waals surface area contributed by atoms with E-state index in [2.05, 4.69) is 52.0 Å². The van der Waals surface area contributed by atoms with Crippen molar-refractivity contribution in [3.63, 3.8) is 0 Å². The van der Waals surface area contributed by atoms with E-state index in [1.54, 1.807) is 0 Å². The minimum absolute atomic E-state index is 0.966.